The Morgan fingerprint density at radius 1 is 0.944 bits per heavy atom. The van der Waals surface area contributed by atoms with Crippen LogP contribution in [0.1, 0.15) is 16.7 Å². The van der Waals surface area contributed by atoms with Crippen LogP contribution in [0, 0.1) is 0 Å². The van der Waals surface area contributed by atoms with E-state index in [-0.39, 0.29) is 0 Å². The summed E-state index contributed by atoms with van der Waals surface area (Å²) in [6.45, 7) is 0.950. The van der Waals surface area contributed by atoms with E-state index in [0.717, 1.165) is 23.9 Å². The minimum atomic E-state index is 0.589. The molecule has 3 rings (SSSR count). The first kappa shape index (κ1) is 11.9. The lowest BCUT2D eigenvalue weighted by Crippen LogP contribution is -2.28. The van der Waals surface area contributed by atoms with E-state index < -0.39 is 0 Å². The van der Waals surface area contributed by atoms with Gasteiger partial charge in [0.1, 0.15) is 0 Å². The van der Waals surface area contributed by atoms with Crippen LogP contribution in [0.3, 0.4) is 0 Å². The predicted molar refractivity (Wildman–Crippen MR) is 78.6 cm³/mol. The topological polar surface area (TPSA) is 12.0 Å². The summed E-state index contributed by atoms with van der Waals surface area (Å²) < 4.78 is 1.14. The normalized spacial score (nSPS) is 14.7. The summed E-state index contributed by atoms with van der Waals surface area (Å²) in [5, 5.41) is 3.65. The highest BCUT2D eigenvalue weighted by Crippen LogP contribution is 2.22. The minimum Gasteiger partial charge on any atom is -0.309 e. The molecule has 0 aliphatic heterocycles. The molecule has 1 aliphatic carbocycles. The number of hydrogen-bond acceptors (Lipinski definition) is 1. The molecule has 1 N–H and O–H groups in total. The highest BCUT2D eigenvalue weighted by Gasteiger charge is 2.19. The van der Waals surface area contributed by atoms with Crippen molar-refractivity contribution in [3.8, 4) is 0 Å². The van der Waals surface area contributed by atoms with E-state index in [1.807, 2.05) is 0 Å². The summed E-state index contributed by atoms with van der Waals surface area (Å²) >= 11 is 3.46. The van der Waals surface area contributed by atoms with Crippen molar-refractivity contribution in [1.29, 1.82) is 0 Å². The monoisotopic (exact) mass is 301 g/mol. The number of hydrogen-bond donors (Lipinski definition) is 1. The lowest BCUT2D eigenvalue weighted by molar-refractivity contribution is 0.533. The second kappa shape index (κ2) is 5.25. The van der Waals surface area contributed by atoms with Crippen LogP contribution in [-0.4, -0.2) is 6.04 Å². The van der Waals surface area contributed by atoms with E-state index in [1.165, 1.54) is 16.7 Å². The van der Waals surface area contributed by atoms with Crippen molar-refractivity contribution in [2.75, 3.05) is 0 Å². The zero-order valence-corrected chi connectivity index (χ0v) is 11.8. The average molecular weight is 302 g/mol. The molecule has 0 saturated heterocycles. The zero-order valence-electron chi connectivity index (χ0n) is 10.2. The molecule has 0 aromatic heterocycles. The molecule has 0 heterocycles. The first-order valence-corrected chi connectivity index (χ1v) is 7.15. The molecule has 1 aliphatic rings. The molecule has 0 amide bonds. The van der Waals surface area contributed by atoms with Crippen LogP contribution in [-0.2, 0) is 19.4 Å². The molecule has 18 heavy (non-hydrogen) atoms. The van der Waals surface area contributed by atoms with Gasteiger partial charge in [-0.15, -0.1) is 0 Å². The molecular weight excluding hydrogens is 286 g/mol. The van der Waals surface area contributed by atoms with Gasteiger partial charge in [-0.25, -0.2) is 0 Å². The van der Waals surface area contributed by atoms with Crippen molar-refractivity contribution in [2.45, 2.75) is 25.4 Å². The molecule has 92 valence electrons. The van der Waals surface area contributed by atoms with Gasteiger partial charge in [-0.3, -0.25) is 0 Å². The van der Waals surface area contributed by atoms with Crippen molar-refractivity contribution in [3.63, 3.8) is 0 Å². The van der Waals surface area contributed by atoms with Crippen LogP contribution < -0.4 is 5.32 Å². The van der Waals surface area contributed by atoms with Crippen LogP contribution in [0.5, 0.6) is 0 Å². The number of fused-ring (bicyclic) bond motifs is 1. The molecule has 0 atom stereocenters. The second-order valence-corrected chi connectivity index (χ2v) is 5.80. The standard InChI is InChI=1S/C16H16BrN/c17-15-7-5-12(6-8-15)11-18-16-9-13-3-1-2-4-14(13)10-16/h1-8,16,18H,9-11H2. The molecule has 0 saturated carbocycles. The molecule has 2 heteroatoms. The molecule has 0 unspecified atom stereocenters. The van der Waals surface area contributed by atoms with Crippen molar-refractivity contribution in [1.82, 2.24) is 5.32 Å². The smallest absolute Gasteiger partial charge is 0.0208 e. The number of nitrogens with one attached hydrogen (secondary N) is 1. The summed E-state index contributed by atoms with van der Waals surface area (Å²) in [4.78, 5) is 0. The Balaban J connectivity index is 1.58. The van der Waals surface area contributed by atoms with Gasteiger partial charge >= 0.3 is 0 Å². The van der Waals surface area contributed by atoms with Crippen molar-refractivity contribution >= 4 is 15.9 Å². The van der Waals surface area contributed by atoms with E-state index in [4.69, 9.17) is 0 Å². The summed E-state index contributed by atoms with van der Waals surface area (Å²) in [6.07, 6.45) is 2.32. The van der Waals surface area contributed by atoms with Gasteiger partial charge < -0.3 is 5.32 Å². The molecular formula is C16H16BrN. The zero-order chi connectivity index (χ0) is 12.4. The maximum Gasteiger partial charge on any atom is 0.0208 e. The van der Waals surface area contributed by atoms with Crippen LogP contribution in [0.15, 0.2) is 53.0 Å². The molecule has 0 spiro atoms. The lowest BCUT2D eigenvalue weighted by Gasteiger charge is -2.11. The van der Waals surface area contributed by atoms with Crippen LogP contribution in [0.4, 0.5) is 0 Å². The minimum absolute atomic E-state index is 0.589. The van der Waals surface area contributed by atoms with Gasteiger partial charge in [0.25, 0.3) is 0 Å². The fraction of sp³-hybridized carbons (Fsp3) is 0.250. The van der Waals surface area contributed by atoms with Crippen molar-refractivity contribution in [2.24, 2.45) is 0 Å². The average Bonchev–Trinajstić information content (AvgIpc) is 2.81. The van der Waals surface area contributed by atoms with Crippen molar-refractivity contribution in [3.05, 3.63) is 69.7 Å². The summed E-state index contributed by atoms with van der Waals surface area (Å²) in [5.74, 6) is 0. The highest BCUT2D eigenvalue weighted by atomic mass is 79.9. The van der Waals surface area contributed by atoms with Crippen LogP contribution in [0.2, 0.25) is 0 Å². The van der Waals surface area contributed by atoms with Crippen LogP contribution in [0.25, 0.3) is 0 Å². The fourth-order valence-corrected chi connectivity index (χ4v) is 2.83. The molecule has 1 nitrogen and oxygen atoms in total. The Morgan fingerprint density at radius 2 is 1.56 bits per heavy atom. The van der Waals surface area contributed by atoms with E-state index >= 15 is 0 Å². The molecule has 0 fully saturated rings. The maximum atomic E-state index is 3.65. The van der Waals surface area contributed by atoms with Gasteiger partial charge in [0, 0.05) is 17.1 Å². The first-order chi connectivity index (χ1) is 8.81. The third-order valence-corrected chi connectivity index (χ3v) is 4.09. The van der Waals surface area contributed by atoms with E-state index in [9.17, 15) is 0 Å². The highest BCUT2D eigenvalue weighted by molar-refractivity contribution is 9.10. The number of benzene rings is 2. The van der Waals surface area contributed by atoms with Gasteiger partial charge in [-0.2, -0.15) is 0 Å². The Hall–Kier alpha value is -1.12. The van der Waals surface area contributed by atoms with Gasteiger partial charge in [0.15, 0.2) is 0 Å². The van der Waals surface area contributed by atoms with Gasteiger partial charge in [-0.05, 0) is 41.7 Å². The predicted octanol–water partition coefficient (Wildman–Crippen LogP) is 3.71. The third-order valence-electron chi connectivity index (χ3n) is 3.56. The number of rotatable bonds is 3. The SMILES string of the molecule is Brc1ccc(CNC2Cc3ccccc3C2)cc1. The van der Waals surface area contributed by atoms with Gasteiger partial charge in [-0.1, -0.05) is 52.3 Å². The Labute approximate surface area is 116 Å². The third kappa shape index (κ3) is 2.65. The molecule has 0 radical (unpaired) electrons. The summed E-state index contributed by atoms with van der Waals surface area (Å²) in [7, 11) is 0. The van der Waals surface area contributed by atoms with E-state index in [0.29, 0.717) is 6.04 Å². The van der Waals surface area contributed by atoms with Crippen molar-refractivity contribution < 1.29 is 0 Å². The van der Waals surface area contributed by atoms with Gasteiger partial charge in [0.2, 0.25) is 0 Å². The van der Waals surface area contributed by atoms with E-state index in [1.54, 1.807) is 0 Å². The maximum absolute atomic E-state index is 3.65. The molecule has 0 bridgehead atoms. The van der Waals surface area contributed by atoms with E-state index in [2.05, 4.69) is 69.8 Å². The molecule has 2 aromatic rings. The summed E-state index contributed by atoms with van der Waals surface area (Å²) in [6, 6.07) is 17.9. The largest absolute Gasteiger partial charge is 0.309 e. The Bertz CT molecular complexity index is 508. The quantitative estimate of drug-likeness (QED) is 0.911. The first-order valence-electron chi connectivity index (χ1n) is 6.36. The second-order valence-electron chi connectivity index (χ2n) is 4.88. The fourth-order valence-electron chi connectivity index (χ4n) is 2.57. The molecule has 2 aromatic carbocycles. The lowest BCUT2D eigenvalue weighted by atomic mass is 10.1. The number of halogens is 1. The summed E-state index contributed by atoms with van der Waals surface area (Å²) in [5.41, 5.74) is 4.35. The Morgan fingerprint density at radius 3 is 2.17 bits per heavy atom. The Kier molecular flexibility index (Phi) is 3.48. The van der Waals surface area contributed by atoms with Crippen LogP contribution >= 0.6 is 15.9 Å². The van der Waals surface area contributed by atoms with Gasteiger partial charge in [0.05, 0.1) is 0 Å².